The summed E-state index contributed by atoms with van der Waals surface area (Å²) in [5.74, 6) is 0.867. The second kappa shape index (κ2) is 10.3. The topological polar surface area (TPSA) is 76.1 Å². The molecule has 0 bridgehead atoms. The van der Waals surface area contributed by atoms with E-state index >= 15 is 0 Å². The van der Waals surface area contributed by atoms with Crippen molar-refractivity contribution in [2.45, 2.75) is 81.4 Å². The summed E-state index contributed by atoms with van der Waals surface area (Å²) < 4.78 is 0. The first-order valence-electron chi connectivity index (χ1n) is 14.1. The zero-order chi connectivity index (χ0) is 25.3. The number of benzene rings is 1. The van der Waals surface area contributed by atoms with Crippen molar-refractivity contribution in [2.24, 2.45) is 11.8 Å². The summed E-state index contributed by atoms with van der Waals surface area (Å²) in [4.78, 5) is 32.9. The highest BCUT2D eigenvalue weighted by Gasteiger charge is 2.55. The van der Waals surface area contributed by atoms with Crippen LogP contribution in [0.5, 0.6) is 0 Å². The molecule has 7 heteroatoms. The number of amides is 3. The van der Waals surface area contributed by atoms with E-state index in [2.05, 4.69) is 59.5 Å². The number of hydrogen-bond acceptors (Lipinski definition) is 4. The molecule has 4 fully saturated rings. The van der Waals surface area contributed by atoms with E-state index in [1.54, 1.807) is 0 Å². The SMILES string of the molecule is CN(C)C1(c2ccccc2)CCC2(CC1)CN(CC(=O)NC[C@@H]1CC[C@H](O)C1)C(=O)N2CC1CCC1. The Morgan fingerprint density at radius 2 is 1.78 bits per heavy atom. The number of carbonyl (C=O) groups excluding carboxylic acids is 2. The molecule has 1 aliphatic heterocycles. The normalized spacial score (nSPS) is 32.9. The summed E-state index contributed by atoms with van der Waals surface area (Å²) in [6.07, 6.45) is 9.90. The molecule has 5 rings (SSSR count). The molecule has 2 N–H and O–H groups in total. The lowest BCUT2D eigenvalue weighted by Gasteiger charge is -2.51. The average molecular weight is 497 g/mol. The third-order valence-corrected chi connectivity index (χ3v) is 9.84. The highest BCUT2D eigenvalue weighted by Crippen LogP contribution is 2.49. The molecular weight excluding hydrogens is 452 g/mol. The second-order valence-electron chi connectivity index (χ2n) is 12.2. The molecule has 1 aromatic rings. The summed E-state index contributed by atoms with van der Waals surface area (Å²) >= 11 is 0. The number of carbonyl (C=O) groups is 2. The summed E-state index contributed by atoms with van der Waals surface area (Å²) in [6, 6.07) is 10.9. The molecule has 2 atom stereocenters. The van der Waals surface area contributed by atoms with E-state index in [1.807, 2.05) is 4.90 Å². The Balaban J connectivity index is 1.28. The van der Waals surface area contributed by atoms with E-state index in [4.69, 9.17) is 0 Å². The van der Waals surface area contributed by atoms with Gasteiger partial charge in [-0.25, -0.2) is 4.79 Å². The van der Waals surface area contributed by atoms with Gasteiger partial charge in [-0.15, -0.1) is 0 Å². The molecule has 4 aliphatic rings. The van der Waals surface area contributed by atoms with Crippen LogP contribution in [0, 0.1) is 11.8 Å². The molecule has 198 valence electrons. The molecule has 0 aromatic heterocycles. The molecule has 0 unspecified atom stereocenters. The smallest absolute Gasteiger partial charge is 0.321 e. The van der Waals surface area contributed by atoms with Crippen LogP contribution in [0.25, 0.3) is 0 Å². The van der Waals surface area contributed by atoms with Crippen LogP contribution in [0.15, 0.2) is 30.3 Å². The Morgan fingerprint density at radius 3 is 2.36 bits per heavy atom. The van der Waals surface area contributed by atoms with E-state index < -0.39 is 0 Å². The van der Waals surface area contributed by atoms with Gasteiger partial charge in [0.2, 0.25) is 5.91 Å². The third-order valence-electron chi connectivity index (χ3n) is 9.84. The van der Waals surface area contributed by atoms with E-state index in [1.165, 1.54) is 24.8 Å². The van der Waals surface area contributed by atoms with Crippen LogP contribution < -0.4 is 5.32 Å². The first-order chi connectivity index (χ1) is 17.3. The first kappa shape index (κ1) is 25.5. The van der Waals surface area contributed by atoms with Crippen molar-refractivity contribution >= 4 is 11.9 Å². The van der Waals surface area contributed by atoms with Crippen LogP contribution in [0.2, 0.25) is 0 Å². The number of aliphatic hydroxyl groups is 1. The van der Waals surface area contributed by atoms with Crippen molar-refractivity contribution in [3.8, 4) is 0 Å². The van der Waals surface area contributed by atoms with Crippen molar-refractivity contribution in [3.05, 3.63) is 35.9 Å². The Kier molecular flexibility index (Phi) is 7.32. The van der Waals surface area contributed by atoms with Gasteiger partial charge in [0.1, 0.15) is 6.54 Å². The molecule has 1 heterocycles. The van der Waals surface area contributed by atoms with Gasteiger partial charge in [0.25, 0.3) is 0 Å². The van der Waals surface area contributed by atoms with Crippen molar-refractivity contribution in [1.29, 1.82) is 0 Å². The highest BCUT2D eigenvalue weighted by atomic mass is 16.3. The predicted molar refractivity (Wildman–Crippen MR) is 140 cm³/mol. The molecule has 1 saturated heterocycles. The summed E-state index contributed by atoms with van der Waals surface area (Å²) in [5.41, 5.74) is 1.15. The summed E-state index contributed by atoms with van der Waals surface area (Å²) in [6.45, 7) is 2.20. The molecule has 1 spiro atoms. The van der Waals surface area contributed by atoms with Gasteiger partial charge in [-0.3, -0.25) is 9.69 Å². The predicted octanol–water partition coefficient (Wildman–Crippen LogP) is 3.57. The number of nitrogens with one attached hydrogen (secondary N) is 1. The van der Waals surface area contributed by atoms with Gasteiger partial charge in [0.15, 0.2) is 0 Å². The number of hydrogen-bond donors (Lipinski definition) is 2. The average Bonchev–Trinajstić information content (AvgIpc) is 3.37. The fourth-order valence-electron chi connectivity index (χ4n) is 7.23. The second-order valence-corrected chi connectivity index (χ2v) is 12.2. The molecule has 3 saturated carbocycles. The Hall–Kier alpha value is -2.12. The van der Waals surface area contributed by atoms with Crippen LogP contribution in [0.4, 0.5) is 4.79 Å². The van der Waals surface area contributed by atoms with Crippen molar-refractivity contribution < 1.29 is 14.7 Å². The van der Waals surface area contributed by atoms with E-state index in [9.17, 15) is 14.7 Å². The number of aliphatic hydroxyl groups excluding tert-OH is 1. The number of urea groups is 1. The third kappa shape index (κ3) is 4.89. The van der Waals surface area contributed by atoms with E-state index in [0.29, 0.717) is 24.9 Å². The lowest BCUT2D eigenvalue weighted by Crippen LogP contribution is -2.56. The van der Waals surface area contributed by atoms with Crippen molar-refractivity contribution in [2.75, 3.05) is 40.3 Å². The maximum absolute atomic E-state index is 13.7. The van der Waals surface area contributed by atoms with Crippen molar-refractivity contribution in [1.82, 2.24) is 20.0 Å². The van der Waals surface area contributed by atoms with Crippen LogP contribution in [-0.2, 0) is 10.3 Å². The van der Waals surface area contributed by atoms with Gasteiger partial charge < -0.3 is 20.2 Å². The molecule has 0 radical (unpaired) electrons. The Bertz CT molecular complexity index is 924. The van der Waals surface area contributed by atoms with Gasteiger partial charge >= 0.3 is 6.03 Å². The Morgan fingerprint density at radius 1 is 1.06 bits per heavy atom. The minimum atomic E-state index is -0.233. The van der Waals surface area contributed by atoms with Gasteiger partial charge in [-0.05, 0) is 89.3 Å². The highest BCUT2D eigenvalue weighted by molar-refractivity contribution is 5.86. The first-order valence-corrected chi connectivity index (χ1v) is 14.1. The molecule has 3 aliphatic carbocycles. The number of rotatable bonds is 8. The van der Waals surface area contributed by atoms with Gasteiger partial charge in [0, 0.05) is 25.2 Å². The van der Waals surface area contributed by atoms with E-state index in [0.717, 1.165) is 51.5 Å². The fourth-order valence-corrected chi connectivity index (χ4v) is 7.23. The van der Waals surface area contributed by atoms with Crippen LogP contribution in [0.1, 0.15) is 69.8 Å². The maximum Gasteiger partial charge on any atom is 0.321 e. The molecule has 1 aromatic carbocycles. The zero-order valence-corrected chi connectivity index (χ0v) is 22.1. The summed E-state index contributed by atoms with van der Waals surface area (Å²) in [5, 5.41) is 12.8. The lowest BCUT2D eigenvalue weighted by molar-refractivity contribution is -0.121. The fraction of sp³-hybridized carbons (Fsp3) is 0.724. The monoisotopic (exact) mass is 496 g/mol. The van der Waals surface area contributed by atoms with Crippen molar-refractivity contribution in [3.63, 3.8) is 0 Å². The maximum atomic E-state index is 13.7. The van der Waals surface area contributed by atoms with Crippen LogP contribution in [0.3, 0.4) is 0 Å². The molecule has 7 nitrogen and oxygen atoms in total. The lowest BCUT2D eigenvalue weighted by atomic mass is 9.68. The van der Waals surface area contributed by atoms with Gasteiger partial charge in [-0.1, -0.05) is 36.8 Å². The molecular formula is C29H44N4O3. The minimum absolute atomic E-state index is 0.0195. The van der Waals surface area contributed by atoms with Gasteiger partial charge in [0.05, 0.1) is 11.6 Å². The Labute approximate surface area is 216 Å². The molecule has 3 amide bonds. The minimum Gasteiger partial charge on any atom is -0.393 e. The van der Waals surface area contributed by atoms with Gasteiger partial charge in [-0.2, -0.15) is 0 Å². The quantitative estimate of drug-likeness (QED) is 0.577. The van der Waals surface area contributed by atoms with Crippen LogP contribution >= 0.6 is 0 Å². The van der Waals surface area contributed by atoms with Crippen LogP contribution in [-0.4, -0.2) is 83.7 Å². The largest absolute Gasteiger partial charge is 0.393 e. The summed E-state index contributed by atoms with van der Waals surface area (Å²) in [7, 11) is 4.35. The number of nitrogens with zero attached hydrogens (tertiary/aromatic N) is 3. The zero-order valence-electron chi connectivity index (χ0n) is 22.1. The van der Waals surface area contributed by atoms with E-state index in [-0.39, 0.29) is 35.7 Å². The standard InChI is InChI=1S/C29H44N4O3/c1-31(2)29(24-9-4-3-5-10-24)15-13-28(14-16-29)21-32(27(36)33(28)19-22-7-6-8-22)20-26(35)30-18-23-11-12-25(34)17-23/h3-5,9-10,22-23,25,34H,6-8,11-21H2,1-2H3,(H,30,35)/t23-,25+,28?,29?/m1/s1. The molecule has 36 heavy (non-hydrogen) atoms.